The monoisotopic (exact) mass is 464 g/mol. The largest absolute Gasteiger partial charge is 0.368 e. The highest BCUT2D eigenvalue weighted by atomic mass is 19.1. The average molecular weight is 465 g/mol. The SMILES string of the molecule is CC(=O)N1CCN(c2ccc(Nc3ncc4c(C)c(F)c(=O)n(C5CCCC5)c4n3)cc2)CC1. The first-order valence-electron chi connectivity index (χ1n) is 11.9. The number of piperazine rings is 1. The summed E-state index contributed by atoms with van der Waals surface area (Å²) in [6.45, 7) is 6.26. The number of hydrogen-bond acceptors (Lipinski definition) is 6. The molecule has 0 spiro atoms. The number of carbonyl (C=O) groups is 1. The number of aryl methyl sites for hydroxylation is 1. The van der Waals surface area contributed by atoms with Gasteiger partial charge < -0.3 is 15.1 Å². The van der Waals surface area contributed by atoms with Gasteiger partial charge in [0, 0.05) is 67.7 Å². The number of fused-ring (bicyclic) bond motifs is 1. The standard InChI is InChI=1S/C25H29FN6O2/c1-16-21-15-27-25(29-23(21)32(24(34)22(16)26)20-5-3-4-6-20)28-18-7-9-19(10-8-18)31-13-11-30(12-14-31)17(2)33/h7-10,15,20H,3-6,11-14H2,1-2H3,(H,27,28,29). The van der Waals surface area contributed by atoms with Crippen LogP contribution >= 0.6 is 0 Å². The second-order valence-electron chi connectivity index (χ2n) is 9.15. The Morgan fingerprint density at radius 3 is 2.41 bits per heavy atom. The number of halogens is 1. The summed E-state index contributed by atoms with van der Waals surface area (Å²) in [7, 11) is 0. The van der Waals surface area contributed by atoms with E-state index in [1.165, 1.54) is 4.57 Å². The molecule has 0 atom stereocenters. The van der Waals surface area contributed by atoms with Gasteiger partial charge in [-0.05, 0) is 44.0 Å². The molecular formula is C25H29FN6O2. The third-order valence-corrected chi connectivity index (χ3v) is 7.04. The summed E-state index contributed by atoms with van der Waals surface area (Å²) in [5, 5.41) is 3.78. The summed E-state index contributed by atoms with van der Waals surface area (Å²) in [4.78, 5) is 37.5. The number of amides is 1. The van der Waals surface area contributed by atoms with Crippen LogP contribution in [0.4, 0.5) is 21.7 Å². The molecule has 3 heterocycles. The molecule has 1 aromatic carbocycles. The van der Waals surface area contributed by atoms with Gasteiger partial charge in [0.15, 0.2) is 5.82 Å². The van der Waals surface area contributed by atoms with Crippen LogP contribution in [-0.2, 0) is 4.79 Å². The van der Waals surface area contributed by atoms with Crippen molar-refractivity contribution >= 4 is 34.3 Å². The maximum atomic E-state index is 14.6. The number of nitrogens with one attached hydrogen (secondary N) is 1. The maximum Gasteiger partial charge on any atom is 0.288 e. The highest BCUT2D eigenvalue weighted by Gasteiger charge is 2.24. The minimum absolute atomic E-state index is 0.0318. The van der Waals surface area contributed by atoms with Crippen LogP contribution in [0.2, 0.25) is 0 Å². The fourth-order valence-corrected chi connectivity index (χ4v) is 5.03. The lowest BCUT2D eigenvalue weighted by Gasteiger charge is -2.35. The third-order valence-electron chi connectivity index (χ3n) is 7.04. The Morgan fingerprint density at radius 1 is 1.09 bits per heavy atom. The molecule has 3 aromatic rings. The molecule has 0 radical (unpaired) electrons. The normalized spacial score (nSPS) is 16.9. The number of pyridine rings is 1. The first-order valence-corrected chi connectivity index (χ1v) is 11.9. The molecule has 1 aliphatic carbocycles. The summed E-state index contributed by atoms with van der Waals surface area (Å²) in [5.41, 5.74) is 2.08. The Labute approximate surface area is 197 Å². The summed E-state index contributed by atoms with van der Waals surface area (Å²) >= 11 is 0. The first-order chi connectivity index (χ1) is 16.4. The van der Waals surface area contributed by atoms with E-state index >= 15 is 0 Å². The molecule has 8 nitrogen and oxygen atoms in total. The first kappa shape index (κ1) is 22.3. The second kappa shape index (κ2) is 9.04. The number of carbonyl (C=O) groups excluding carboxylic acids is 1. The van der Waals surface area contributed by atoms with Crippen molar-refractivity contribution in [2.75, 3.05) is 36.4 Å². The molecule has 1 aliphatic heterocycles. The number of rotatable bonds is 4. The molecule has 2 aliphatic rings. The van der Waals surface area contributed by atoms with Crippen molar-refractivity contribution < 1.29 is 9.18 Å². The van der Waals surface area contributed by atoms with Crippen LogP contribution in [-0.4, -0.2) is 51.5 Å². The van der Waals surface area contributed by atoms with E-state index < -0.39 is 11.4 Å². The molecule has 1 amide bonds. The summed E-state index contributed by atoms with van der Waals surface area (Å²) < 4.78 is 16.2. The van der Waals surface area contributed by atoms with Gasteiger partial charge in [-0.1, -0.05) is 12.8 Å². The van der Waals surface area contributed by atoms with E-state index in [-0.39, 0.29) is 17.5 Å². The molecule has 9 heteroatoms. The number of hydrogen-bond donors (Lipinski definition) is 1. The molecule has 1 N–H and O–H groups in total. The molecule has 2 fully saturated rings. The number of aromatic nitrogens is 3. The smallest absolute Gasteiger partial charge is 0.288 e. The van der Waals surface area contributed by atoms with Crippen molar-refractivity contribution in [3.63, 3.8) is 0 Å². The quantitative estimate of drug-likeness (QED) is 0.633. The Balaban J connectivity index is 1.39. The molecule has 2 aromatic heterocycles. The molecule has 178 valence electrons. The second-order valence-corrected chi connectivity index (χ2v) is 9.15. The van der Waals surface area contributed by atoms with Crippen molar-refractivity contribution in [3.05, 3.63) is 52.2 Å². The van der Waals surface area contributed by atoms with E-state index in [0.717, 1.165) is 63.2 Å². The molecule has 1 saturated heterocycles. The highest BCUT2D eigenvalue weighted by molar-refractivity contribution is 5.80. The van der Waals surface area contributed by atoms with Crippen LogP contribution in [0, 0.1) is 12.7 Å². The van der Waals surface area contributed by atoms with E-state index in [9.17, 15) is 14.0 Å². The lowest BCUT2D eigenvalue weighted by molar-refractivity contribution is -0.129. The zero-order chi connectivity index (χ0) is 23.8. The fourth-order valence-electron chi connectivity index (χ4n) is 5.03. The van der Waals surface area contributed by atoms with Gasteiger partial charge in [0.05, 0.1) is 0 Å². The summed E-state index contributed by atoms with van der Waals surface area (Å²) in [5.74, 6) is -0.234. The zero-order valence-electron chi connectivity index (χ0n) is 19.6. The van der Waals surface area contributed by atoms with Crippen LogP contribution in [0.3, 0.4) is 0 Å². The van der Waals surface area contributed by atoms with Gasteiger partial charge in [0.2, 0.25) is 11.9 Å². The van der Waals surface area contributed by atoms with E-state index in [4.69, 9.17) is 0 Å². The Bertz CT molecular complexity index is 1280. The van der Waals surface area contributed by atoms with Crippen molar-refractivity contribution in [2.45, 2.75) is 45.6 Å². The minimum atomic E-state index is -0.719. The van der Waals surface area contributed by atoms with E-state index in [1.54, 1.807) is 20.0 Å². The molecule has 5 rings (SSSR count). The van der Waals surface area contributed by atoms with Gasteiger partial charge in [-0.25, -0.2) is 9.37 Å². The van der Waals surface area contributed by atoms with Gasteiger partial charge in [-0.2, -0.15) is 4.98 Å². The van der Waals surface area contributed by atoms with Crippen molar-refractivity contribution in [2.24, 2.45) is 0 Å². The number of anilines is 3. The van der Waals surface area contributed by atoms with Crippen molar-refractivity contribution in [3.8, 4) is 0 Å². The number of nitrogens with zero attached hydrogens (tertiary/aromatic N) is 5. The van der Waals surface area contributed by atoms with Crippen LogP contribution in [0.1, 0.15) is 44.2 Å². The molecular weight excluding hydrogens is 435 g/mol. The Kier molecular flexibility index (Phi) is 5.93. The minimum Gasteiger partial charge on any atom is -0.368 e. The van der Waals surface area contributed by atoms with Gasteiger partial charge in [0.1, 0.15) is 5.65 Å². The highest BCUT2D eigenvalue weighted by Crippen LogP contribution is 2.31. The van der Waals surface area contributed by atoms with E-state index in [2.05, 4.69) is 20.2 Å². The van der Waals surface area contributed by atoms with Crippen molar-refractivity contribution in [1.82, 2.24) is 19.4 Å². The lowest BCUT2D eigenvalue weighted by atomic mass is 10.1. The predicted molar refractivity (Wildman–Crippen MR) is 130 cm³/mol. The average Bonchev–Trinajstić information content (AvgIpc) is 3.38. The number of benzene rings is 1. The lowest BCUT2D eigenvalue weighted by Crippen LogP contribution is -2.48. The van der Waals surface area contributed by atoms with Crippen LogP contribution in [0.25, 0.3) is 11.0 Å². The molecule has 34 heavy (non-hydrogen) atoms. The van der Waals surface area contributed by atoms with Gasteiger partial charge in [0.25, 0.3) is 5.56 Å². The van der Waals surface area contributed by atoms with Crippen LogP contribution in [0.15, 0.2) is 35.3 Å². The molecule has 0 unspecified atom stereocenters. The fraction of sp³-hybridized carbons (Fsp3) is 0.440. The molecule has 1 saturated carbocycles. The van der Waals surface area contributed by atoms with Gasteiger partial charge >= 0.3 is 0 Å². The van der Waals surface area contributed by atoms with Crippen molar-refractivity contribution in [1.29, 1.82) is 0 Å². The maximum absolute atomic E-state index is 14.6. The Morgan fingerprint density at radius 2 is 1.76 bits per heavy atom. The van der Waals surface area contributed by atoms with Crippen LogP contribution < -0.4 is 15.8 Å². The predicted octanol–water partition coefficient (Wildman–Crippen LogP) is 3.77. The summed E-state index contributed by atoms with van der Waals surface area (Å²) in [6.07, 6.45) is 5.36. The topological polar surface area (TPSA) is 83.4 Å². The third kappa shape index (κ3) is 4.10. The summed E-state index contributed by atoms with van der Waals surface area (Å²) in [6, 6.07) is 7.94. The molecule has 0 bridgehead atoms. The van der Waals surface area contributed by atoms with Gasteiger partial charge in [-0.3, -0.25) is 14.2 Å². The van der Waals surface area contributed by atoms with E-state index in [1.807, 2.05) is 29.2 Å². The zero-order valence-corrected chi connectivity index (χ0v) is 19.6. The van der Waals surface area contributed by atoms with E-state index in [0.29, 0.717) is 17.0 Å². The Hall–Kier alpha value is -3.49. The van der Waals surface area contributed by atoms with Crippen LogP contribution in [0.5, 0.6) is 0 Å². The van der Waals surface area contributed by atoms with Gasteiger partial charge in [-0.15, -0.1) is 0 Å².